The molecule has 0 aliphatic heterocycles. The highest BCUT2D eigenvalue weighted by molar-refractivity contribution is 7.12. The Morgan fingerprint density at radius 3 is 3.14 bits per heavy atom. The van der Waals surface area contributed by atoms with Gasteiger partial charge >= 0.3 is 5.97 Å². The third-order valence-corrected chi connectivity index (χ3v) is 4.17. The number of rotatable bonds is 2. The lowest BCUT2D eigenvalue weighted by atomic mass is 9.87. The molecule has 1 heterocycles. The van der Waals surface area contributed by atoms with E-state index in [1.54, 1.807) is 11.3 Å². The summed E-state index contributed by atoms with van der Waals surface area (Å²) in [5, 5.41) is 9.07. The van der Waals surface area contributed by atoms with Gasteiger partial charge in [-0.3, -0.25) is 4.79 Å². The van der Waals surface area contributed by atoms with Crippen LogP contribution >= 0.6 is 11.3 Å². The third kappa shape index (κ3) is 1.57. The maximum Gasteiger partial charge on any atom is 0.311 e. The van der Waals surface area contributed by atoms with E-state index in [-0.39, 0.29) is 5.92 Å². The third-order valence-electron chi connectivity index (χ3n) is 2.81. The fourth-order valence-corrected chi connectivity index (χ4v) is 3.26. The van der Waals surface area contributed by atoms with Crippen molar-refractivity contribution in [2.75, 3.05) is 0 Å². The summed E-state index contributed by atoms with van der Waals surface area (Å²) in [5.41, 5.74) is 1.09. The van der Waals surface area contributed by atoms with Crippen LogP contribution in [0.2, 0.25) is 0 Å². The molecule has 3 heteroatoms. The zero-order valence-corrected chi connectivity index (χ0v) is 9.06. The van der Waals surface area contributed by atoms with E-state index in [1.807, 2.05) is 0 Å². The summed E-state index contributed by atoms with van der Waals surface area (Å²) >= 11 is 1.79. The summed E-state index contributed by atoms with van der Waals surface area (Å²) in [4.78, 5) is 13.6. The average Bonchev–Trinajstić information content (AvgIpc) is 2.59. The number of carboxylic acid groups (broad SMARTS) is 1. The van der Waals surface area contributed by atoms with Crippen molar-refractivity contribution in [3.05, 3.63) is 21.4 Å². The molecule has 1 aromatic rings. The van der Waals surface area contributed by atoms with Crippen LogP contribution < -0.4 is 0 Å². The van der Waals surface area contributed by atoms with E-state index in [1.165, 1.54) is 9.75 Å². The molecule has 2 nitrogen and oxygen atoms in total. The van der Waals surface area contributed by atoms with Crippen molar-refractivity contribution in [3.8, 4) is 0 Å². The van der Waals surface area contributed by atoms with Crippen LogP contribution in [-0.2, 0) is 17.6 Å². The van der Waals surface area contributed by atoms with Crippen molar-refractivity contribution in [2.45, 2.75) is 38.5 Å². The lowest BCUT2D eigenvalue weighted by molar-refractivity contribution is -0.139. The Balaban J connectivity index is 2.38. The smallest absolute Gasteiger partial charge is 0.311 e. The Morgan fingerprint density at radius 2 is 2.50 bits per heavy atom. The van der Waals surface area contributed by atoms with Crippen molar-refractivity contribution >= 4 is 17.3 Å². The number of aliphatic carboxylic acids is 1. The molecule has 0 saturated heterocycles. The number of fused-ring (bicyclic) bond motifs is 1. The van der Waals surface area contributed by atoms with Crippen molar-refractivity contribution in [2.24, 2.45) is 0 Å². The van der Waals surface area contributed by atoms with Gasteiger partial charge in [0.15, 0.2) is 0 Å². The summed E-state index contributed by atoms with van der Waals surface area (Å²) in [6, 6.07) is 2.10. The first-order valence-corrected chi connectivity index (χ1v) is 5.88. The van der Waals surface area contributed by atoms with Gasteiger partial charge in [0.2, 0.25) is 0 Å². The van der Waals surface area contributed by atoms with Gasteiger partial charge in [-0.25, -0.2) is 0 Å². The second kappa shape index (κ2) is 3.73. The Morgan fingerprint density at radius 1 is 1.71 bits per heavy atom. The van der Waals surface area contributed by atoms with Crippen molar-refractivity contribution in [1.82, 2.24) is 0 Å². The lowest BCUT2D eigenvalue weighted by Gasteiger charge is -2.17. The maximum atomic E-state index is 11.0. The lowest BCUT2D eigenvalue weighted by Crippen LogP contribution is -2.16. The monoisotopic (exact) mass is 210 g/mol. The number of carboxylic acids is 1. The van der Waals surface area contributed by atoms with Gasteiger partial charge in [0.1, 0.15) is 0 Å². The van der Waals surface area contributed by atoms with E-state index in [2.05, 4.69) is 13.0 Å². The number of hydrogen-bond acceptors (Lipinski definition) is 2. The Hall–Kier alpha value is -0.830. The molecule has 2 rings (SSSR count). The summed E-state index contributed by atoms with van der Waals surface area (Å²) < 4.78 is 0. The fourth-order valence-electron chi connectivity index (χ4n) is 2.04. The zero-order chi connectivity index (χ0) is 10.1. The van der Waals surface area contributed by atoms with Crippen LogP contribution in [0.25, 0.3) is 0 Å². The molecular formula is C11H14O2S. The zero-order valence-electron chi connectivity index (χ0n) is 8.25. The summed E-state index contributed by atoms with van der Waals surface area (Å²) in [5.74, 6) is -0.901. The molecule has 1 aromatic heterocycles. The highest BCUT2D eigenvalue weighted by Gasteiger charge is 2.27. The van der Waals surface area contributed by atoms with Crippen LogP contribution in [0, 0.1) is 0 Å². The van der Waals surface area contributed by atoms with Crippen molar-refractivity contribution in [3.63, 3.8) is 0 Å². The van der Waals surface area contributed by atoms with Gasteiger partial charge < -0.3 is 5.11 Å². The molecule has 0 saturated carbocycles. The van der Waals surface area contributed by atoms with Gasteiger partial charge in [0.25, 0.3) is 0 Å². The largest absolute Gasteiger partial charge is 0.481 e. The van der Waals surface area contributed by atoms with Crippen LogP contribution in [0.5, 0.6) is 0 Å². The molecule has 1 aliphatic carbocycles. The molecular weight excluding hydrogens is 196 g/mol. The average molecular weight is 210 g/mol. The second-order valence-corrected chi connectivity index (χ2v) is 4.95. The molecule has 1 N–H and O–H groups in total. The van der Waals surface area contributed by atoms with Gasteiger partial charge in [-0.1, -0.05) is 6.92 Å². The minimum Gasteiger partial charge on any atom is -0.481 e. The number of thiophene rings is 1. The highest BCUT2D eigenvalue weighted by Crippen LogP contribution is 2.37. The molecule has 1 aliphatic rings. The number of aryl methyl sites for hydroxylation is 2. The van der Waals surface area contributed by atoms with Crippen molar-refractivity contribution < 1.29 is 9.90 Å². The molecule has 76 valence electrons. The molecule has 0 aromatic carbocycles. The van der Waals surface area contributed by atoms with E-state index in [0.29, 0.717) is 0 Å². The first kappa shape index (κ1) is 9.71. The minimum atomic E-state index is -0.661. The summed E-state index contributed by atoms with van der Waals surface area (Å²) in [6.45, 7) is 2.12. The van der Waals surface area contributed by atoms with Crippen LogP contribution in [0.15, 0.2) is 6.07 Å². The van der Waals surface area contributed by atoms with E-state index in [0.717, 1.165) is 31.2 Å². The Labute approximate surface area is 87.6 Å². The molecule has 0 fully saturated rings. The first-order valence-electron chi connectivity index (χ1n) is 5.06. The van der Waals surface area contributed by atoms with Gasteiger partial charge in [-0.2, -0.15) is 0 Å². The van der Waals surface area contributed by atoms with Crippen LogP contribution in [0.1, 0.15) is 41.0 Å². The summed E-state index contributed by atoms with van der Waals surface area (Å²) in [6.07, 6.45) is 3.92. The molecule has 0 amide bonds. The fraction of sp³-hybridized carbons (Fsp3) is 0.545. The quantitative estimate of drug-likeness (QED) is 0.815. The van der Waals surface area contributed by atoms with Gasteiger partial charge in [0, 0.05) is 9.75 Å². The van der Waals surface area contributed by atoms with Crippen LogP contribution in [0.3, 0.4) is 0 Å². The van der Waals surface area contributed by atoms with E-state index < -0.39 is 5.97 Å². The van der Waals surface area contributed by atoms with E-state index >= 15 is 0 Å². The molecule has 1 atom stereocenters. The highest BCUT2D eigenvalue weighted by atomic mass is 32.1. The van der Waals surface area contributed by atoms with Gasteiger partial charge in [0.05, 0.1) is 5.92 Å². The molecule has 14 heavy (non-hydrogen) atoms. The number of carbonyl (C=O) groups is 1. The van der Waals surface area contributed by atoms with Crippen LogP contribution in [0.4, 0.5) is 0 Å². The molecule has 0 radical (unpaired) electrons. The Bertz CT molecular complexity index is 354. The maximum absolute atomic E-state index is 11.0. The van der Waals surface area contributed by atoms with E-state index in [9.17, 15) is 4.79 Å². The van der Waals surface area contributed by atoms with Gasteiger partial charge in [-0.15, -0.1) is 11.3 Å². The summed E-state index contributed by atoms with van der Waals surface area (Å²) in [7, 11) is 0. The SMILES string of the molecule is CCc1cc2c(s1)CCCC2C(=O)O. The molecule has 0 bridgehead atoms. The van der Waals surface area contributed by atoms with E-state index in [4.69, 9.17) is 5.11 Å². The predicted octanol–water partition coefficient (Wildman–Crippen LogP) is 2.82. The normalized spacial score (nSPS) is 20.5. The van der Waals surface area contributed by atoms with Crippen molar-refractivity contribution in [1.29, 1.82) is 0 Å². The minimum absolute atomic E-state index is 0.240. The molecule has 1 unspecified atom stereocenters. The van der Waals surface area contributed by atoms with Gasteiger partial charge in [-0.05, 0) is 37.3 Å². The Kier molecular flexibility index (Phi) is 2.59. The number of hydrogen-bond donors (Lipinski definition) is 1. The standard InChI is InChI=1S/C11H14O2S/c1-2-7-6-9-8(11(12)13)4-3-5-10(9)14-7/h6,8H,2-5H2,1H3,(H,12,13). The predicted molar refractivity (Wildman–Crippen MR) is 57.0 cm³/mol. The topological polar surface area (TPSA) is 37.3 Å². The second-order valence-electron chi connectivity index (χ2n) is 3.73. The first-order chi connectivity index (χ1) is 6.72. The van der Waals surface area contributed by atoms with Crippen LogP contribution in [-0.4, -0.2) is 11.1 Å². The molecule has 0 spiro atoms.